The first-order valence-electron chi connectivity index (χ1n) is 5.62. The Labute approximate surface area is 76.9 Å². The van der Waals surface area contributed by atoms with Crippen molar-refractivity contribution in [2.45, 2.75) is 70.9 Å². The summed E-state index contributed by atoms with van der Waals surface area (Å²) in [6, 6.07) is 1.67. The fourth-order valence-electron chi connectivity index (χ4n) is 1.76. The van der Waals surface area contributed by atoms with Gasteiger partial charge in [0, 0.05) is 12.1 Å². The largest absolute Gasteiger partial charge is 0.311 e. The number of nitrogens with one attached hydrogen (secondary N) is 1. The van der Waals surface area contributed by atoms with Crippen molar-refractivity contribution in [1.29, 1.82) is 0 Å². The monoisotopic (exact) mass is 169 g/mol. The third kappa shape index (κ3) is 3.14. The summed E-state index contributed by atoms with van der Waals surface area (Å²) in [6.07, 6.45) is 9.69. The van der Waals surface area contributed by atoms with Gasteiger partial charge in [-0.15, -0.1) is 0 Å². The smallest absolute Gasteiger partial charge is 0.00696 e. The molecule has 0 aromatic carbocycles. The van der Waals surface area contributed by atoms with Gasteiger partial charge in [-0.2, -0.15) is 0 Å². The topological polar surface area (TPSA) is 12.0 Å². The quantitative estimate of drug-likeness (QED) is 0.644. The van der Waals surface area contributed by atoms with Gasteiger partial charge in [-0.3, -0.25) is 0 Å². The van der Waals surface area contributed by atoms with Gasteiger partial charge in [-0.25, -0.2) is 0 Å². The lowest BCUT2D eigenvalue weighted by molar-refractivity contribution is 0.289. The molecule has 1 rings (SSSR count). The lowest BCUT2D eigenvalue weighted by Crippen LogP contribution is -2.42. The molecular formula is C11H23N. The van der Waals surface area contributed by atoms with E-state index in [4.69, 9.17) is 0 Å². The van der Waals surface area contributed by atoms with Crippen molar-refractivity contribution in [1.82, 2.24) is 5.32 Å². The first-order valence-corrected chi connectivity index (χ1v) is 5.62. The molecule has 1 aliphatic carbocycles. The van der Waals surface area contributed by atoms with Crippen LogP contribution in [0.15, 0.2) is 0 Å². The molecule has 1 fully saturated rings. The Morgan fingerprint density at radius 1 is 1.33 bits per heavy atom. The van der Waals surface area contributed by atoms with Gasteiger partial charge in [0.05, 0.1) is 0 Å². The fourth-order valence-corrected chi connectivity index (χ4v) is 1.76. The summed E-state index contributed by atoms with van der Waals surface area (Å²) in [5.74, 6) is 0. The highest BCUT2D eigenvalue weighted by molar-refractivity contribution is 4.80. The molecule has 1 aliphatic rings. The van der Waals surface area contributed by atoms with E-state index in [1.54, 1.807) is 0 Å². The highest BCUT2D eigenvalue weighted by atomic mass is 15.0. The van der Waals surface area contributed by atoms with Crippen molar-refractivity contribution in [3.63, 3.8) is 0 Å². The summed E-state index contributed by atoms with van der Waals surface area (Å²) in [5.41, 5.74) is 0. The Bertz CT molecular complexity index is 108. The second kappa shape index (κ2) is 5.58. The van der Waals surface area contributed by atoms with E-state index in [1.165, 1.54) is 44.9 Å². The van der Waals surface area contributed by atoms with E-state index in [0.717, 1.165) is 12.1 Å². The molecule has 1 N–H and O–H groups in total. The summed E-state index contributed by atoms with van der Waals surface area (Å²) in [5, 5.41) is 3.74. The van der Waals surface area contributed by atoms with Gasteiger partial charge in [0.25, 0.3) is 0 Å². The molecule has 0 radical (unpaired) electrons. The van der Waals surface area contributed by atoms with Crippen LogP contribution in [0, 0.1) is 0 Å². The molecule has 0 aliphatic heterocycles. The molecule has 1 saturated carbocycles. The van der Waals surface area contributed by atoms with Crippen LogP contribution in [-0.2, 0) is 0 Å². The highest BCUT2D eigenvalue weighted by Gasteiger charge is 2.19. The second-order valence-electron chi connectivity index (χ2n) is 4.04. The lowest BCUT2D eigenvalue weighted by atomic mass is 9.91. The van der Waals surface area contributed by atoms with Crippen molar-refractivity contribution >= 4 is 0 Å². The number of hydrogen-bond acceptors (Lipinski definition) is 1. The lowest BCUT2D eigenvalue weighted by Gasteiger charge is -2.31. The molecule has 1 unspecified atom stereocenters. The summed E-state index contributed by atoms with van der Waals surface area (Å²) in [4.78, 5) is 0. The molecule has 0 amide bonds. The SMILES string of the molecule is CCCCC(CC)NC1CCC1. The molecule has 0 aromatic rings. The third-order valence-electron chi connectivity index (χ3n) is 2.98. The van der Waals surface area contributed by atoms with E-state index in [2.05, 4.69) is 19.2 Å². The molecule has 1 nitrogen and oxygen atoms in total. The molecule has 0 spiro atoms. The first kappa shape index (κ1) is 10.0. The zero-order chi connectivity index (χ0) is 8.81. The molecule has 72 valence electrons. The van der Waals surface area contributed by atoms with Crippen LogP contribution in [0.2, 0.25) is 0 Å². The van der Waals surface area contributed by atoms with E-state index >= 15 is 0 Å². The van der Waals surface area contributed by atoms with Crippen LogP contribution in [-0.4, -0.2) is 12.1 Å². The maximum absolute atomic E-state index is 3.74. The number of hydrogen-bond donors (Lipinski definition) is 1. The Balaban J connectivity index is 2.06. The molecule has 0 aromatic heterocycles. The van der Waals surface area contributed by atoms with Crippen LogP contribution >= 0.6 is 0 Å². The molecule has 0 heterocycles. The standard InChI is InChI=1S/C11H23N/c1-3-5-7-10(4-2)12-11-8-6-9-11/h10-12H,3-9H2,1-2H3. The third-order valence-corrected chi connectivity index (χ3v) is 2.98. The van der Waals surface area contributed by atoms with E-state index in [0.29, 0.717) is 0 Å². The molecule has 1 heteroatoms. The zero-order valence-electron chi connectivity index (χ0n) is 8.60. The van der Waals surface area contributed by atoms with Gasteiger partial charge in [0.15, 0.2) is 0 Å². The van der Waals surface area contributed by atoms with E-state index in [-0.39, 0.29) is 0 Å². The average Bonchev–Trinajstić information content (AvgIpc) is 2.02. The molecule has 1 atom stereocenters. The zero-order valence-corrected chi connectivity index (χ0v) is 8.60. The second-order valence-corrected chi connectivity index (χ2v) is 4.04. The molecule has 12 heavy (non-hydrogen) atoms. The minimum Gasteiger partial charge on any atom is -0.311 e. The van der Waals surface area contributed by atoms with E-state index < -0.39 is 0 Å². The number of rotatable bonds is 6. The van der Waals surface area contributed by atoms with Crippen molar-refractivity contribution < 1.29 is 0 Å². The minimum atomic E-state index is 0.801. The van der Waals surface area contributed by atoms with Crippen molar-refractivity contribution in [2.24, 2.45) is 0 Å². The fraction of sp³-hybridized carbons (Fsp3) is 1.00. The Kier molecular flexibility index (Phi) is 4.67. The normalized spacial score (nSPS) is 20.5. The Morgan fingerprint density at radius 3 is 2.50 bits per heavy atom. The van der Waals surface area contributed by atoms with Crippen LogP contribution in [0.5, 0.6) is 0 Å². The van der Waals surface area contributed by atoms with Crippen LogP contribution in [0.25, 0.3) is 0 Å². The predicted molar refractivity (Wildman–Crippen MR) is 54.4 cm³/mol. The Morgan fingerprint density at radius 2 is 2.08 bits per heavy atom. The molecule has 0 bridgehead atoms. The van der Waals surface area contributed by atoms with Crippen LogP contribution in [0.1, 0.15) is 58.8 Å². The van der Waals surface area contributed by atoms with Gasteiger partial charge < -0.3 is 5.32 Å². The summed E-state index contributed by atoms with van der Waals surface area (Å²) >= 11 is 0. The highest BCUT2D eigenvalue weighted by Crippen LogP contribution is 2.20. The van der Waals surface area contributed by atoms with Crippen molar-refractivity contribution in [2.75, 3.05) is 0 Å². The van der Waals surface area contributed by atoms with Gasteiger partial charge in [-0.1, -0.05) is 33.1 Å². The van der Waals surface area contributed by atoms with Crippen molar-refractivity contribution in [3.05, 3.63) is 0 Å². The number of unbranched alkanes of at least 4 members (excludes halogenated alkanes) is 1. The summed E-state index contributed by atoms with van der Waals surface area (Å²) < 4.78 is 0. The molecule has 0 saturated heterocycles. The van der Waals surface area contributed by atoms with Crippen LogP contribution in [0.4, 0.5) is 0 Å². The van der Waals surface area contributed by atoms with Gasteiger partial charge in [-0.05, 0) is 25.7 Å². The predicted octanol–water partition coefficient (Wildman–Crippen LogP) is 3.10. The average molecular weight is 169 g/mol. The first-order chi connectivity index (χ1) is 5.86. The van der Waals surface area contributed by atoms with Crippen molar-refractivity contribution in [3.8, 4) is 0 Å². The molecular weight excluding hydrogens is 146 g/mol. The van der Waals surface area contributed by atoms with Gasteiger partial charge in [0.2, 0.25) is 0 Å². The Hall–Kier alpha value is -0.0400. The maximum atomic E-state index is 3.74. The van der Waals surface area contributed by atoms with Gasteiger partial charge in [0.1, 0.15) is 0 Å². The van der Waals surface area contributed by atoms with Gasteiger partial charge >= 0.3 is 0 Å². The maximum Gasteiger partial charge on any atom is 0.00696 e. The summed E-state index contributed by atoms with van der Waals surface area (Å²) in [7, 11) is 0. The summed E-state index contributed by atoms with van der Waals surface area (Å²) in [6.45, 7) is 4.57. The van der Waals surface area contributed by atoms with E-state index in [9.17, 15) is 0 Å². The van der Waals surface area contributed by atoms with Crippen LogP contribution in [0.3, 0.4) is 0 Å². The van der Waals surface area contributed by atoms with Crippen LogP contribution < -0.4 is 5.32 Å². The minimum absolute atomic E-state index is 0.801. The van der Waals surface area contributed by atoms with E-state index in [1.807, 2.05) is 0 Å².